The molecule has 0 aliphatic rings. The molecule has 0 spiro atoms. The summed E-state index contributed by atoms with van der Waals surface area (Å²) in [4.78, 5) is 16.4. The van der Waals surface area contributed by atoms with Crippen LogP contribution in [-0.4, -0.2) is 17.3 Å². The number of halogens is 3. The number of hydrogen-bond donors (Lipinski definition) is 1. The summed E-state index contributed by atoms with van der Waals surface area (Å²) < 4.78 is 40.5. The van der Waals surface area contributed by atoms with E-state index in [9.17, 15) is 18.0 Å². The zero-order chi connectivity index (χ0) is 17.2. The molecule has 0 aliphatic heterocycles. The molecule has 1 N–H and O–H groups in total. The number of thiazole rings is 1. The minimum Gasteiger partial charge on any atom is -0.406 e. The van der Waals surface area contributed by atoms with Crippen LogP contribution in [0.4, 0.5) is 18.9 Å². The minimum absolute atomic E-state index is 0.187. The Morgan fingerprint density at radius 3 is 2.75 bits per heavy atom. The lowest BCUT2D eigenvalue weighted by Crippen LogP contribution is -2.17. The van der Waals surface area contributed by atoms with E-state index in [1.807, 2.05) is 16.8 Å². The molecule has 2 heterocycles. The van der Waals surface area contributed by atoms with Crippen LogP contribution < -0.4 is 10.1 Å². The van der Waals surface area contributed by atoms with Gasteiger partial charge in [0.25, 0.3) is 5.91 Å². The molecule has 0 aliphatic carbocycles. The van der Waals surface area contributed by atoms with Crippen LogP contribution in [0.3, 0.4) is 0 Å². The molecule has 0 unspecified atom stereocenters. The lowest BCUT2D eigenvalue weighted by atomic mass is 10.3. The Morgan fingerprint density at radius 2 is 2.04 bits per heavy atom. The summed E-state index contributed by atoms with van der Waals surface area (Å²) in [5.41, 5.74) is 1.31. The second-order valence-electron chi connectivity index (χ2n) is 4.58. The summed E-state index contributed by atoms with van der Waals surface area (Å²) in [6, 6.07) is 6.96. The second-order valence-corrected chi connectivity index (χ2v) is 6.22. The fraction of sp³-hybridized carbons (Fsp3) is 0.0667. The number of anilines is 1. The Hall–Kier alpha value is -2.39. The van der Waals surface area contributed by atoms with Gasteiger partial charge >= 0.3 is 6.36 Å². The van der Waals surface area contributed by atoms with E-state index in [1.54, 1.807) is 5.38 Å². The van der Waals surface area contributed by atoms with E-state index in [0.29, 0.717) is 5.01 Å². The average Bonchev–Trinajstić information content (AvgIpc) is 3.17. The van der Waals surface area contributed by atoms with Gasteiger partial charge in [0.2, 0.25) is 0 Å². The number of amides is 1. The summed E-state index contributed by atoms with van der Waals surface area (Å²) in [6.07, 6.45) is -4.78. The van der Waals surface area contributed by atoms with Crippen molar-refractivity contribution < 1.29 is 22.7 Å². The van der Waals surface area contributed by atoms with Crippen molar-refractivity contribution in [1.82, 2.24) is 4.98 Å². The van der Waals surface area contributed by atoms with E-state index in [2.05, 4.69) is 15.0 Å². The van der Waals surface area contributed by atoms with Gasteiger partial charge in [0.05, 0.1) is 0 Å². The maximum Gasteiger partial charge on any atom is 0.573 e. The smallest absolute Gasteiger partial charge is 0.406 e. The third-order valence-electron chi connectivity index (χ3n) is 2.83. The van der Waals surface area contributed by atoms with Crippen LogP contribution in [0.15, 0.2) is 46.5 Å². The van der Waals surface area contributed by atoms with Crippen LogP contribution in [0.1, 0.15) is 10.5 Å². The molecular weight excluding hydrogens is 361 g/mol. The van der Waals surface area contributed by atoms with Crippen molar-refractivity contribution in [3.63, 3.8) is 0 Å². The number of rotatable bonds is 4. The van der Waals surface area contributed by atoms with Crippen molar-refractivity contribution in [1.29, 1.82) is 0 Å². The van der Waals surface area contributed by atoms with E-state index in [-0.39, 0.29) is 11.4 Å². The number of carbonyl (C=O) groups is 1. The molecule has 1 amide bonds. The standard InChI is InChI=1S/C15H9F3N2O2S2/c16-15(17,18)22-11-3-1-2-10(6-11)19-13(21)12-8-24-14(20-12)9-4-5-23-7-9/h1-8H,(H,19,21). The number of alkyl halides is 3. The van der Waals surface area contributed by atoms with E-state index in [0.717, 1.165) is 17.7 Å². The van der Waals surface area contributed by atoms with E-state index < -0.39 is 18.0 Å². The summed E-state index contributed by atoms with van der Waals surface area (Å²) >= 11 is 2.84. The van der Waals surface area contributed by atoms with Gasteiger partial charge in [-0.1, -0.05) is 6.07 Å². The normalized spacial score (nSPS) is 11.3. The molecule has 0 fully saturated rings. The van der Waals surface area contributed by atoms with Gasteiger partial charge in [-0.25, -0.2) is 4.98 Å². The SMILES string of the molecule is O=C(Nc1cccc(OC(F)(F)F)c1)c1csc(-c2ccsc2)n1. The Kier molecular flexibility index (Phi) is 4.54. The Bertz CT molecular complexity index is 845. The third-order valence-corrected chi connectivity index (χ3v) is 4.41. The number of thiophene rings is 1. The molecule has 0 saturated carbocycles. The van der Waals surface area contributed by atoms with Crippen molar-refractivity contribution in [3.8, 4) is 16.3 Å². The van der Waals surface area contributed by atoms with Gasteiger partial charge in [0.15, 0.2) is 0 Å². The van der Waals surface area contributed by atoms with Gasteiger partial charge in [-0.05, 0) is 23.6 Å². The van der Waals surface area contributed by atoms with Gasteiger partial charge in [-0.2, -0.15) is 11.3 Å². The lowest BCUT2D eigenvalue weighted by Gasteiger charge is -2.10. The number of carbonyl (C=O) groups excluding carboxylic acids is 1. The summed E-state index contributed by atoms with van der Waals surface area (Å²) in [5.74, 6) is -0.908. The Balaban J connectivity index is 1.72. The molecule has 0 radical (unpaired) electrons. The first kappa shape index (κ1) is 16.5. The molecule has 9 heteroatoms. The fourth-order valence-corrected chi connectivity index (χ4v) is 3.38. The summed E-state index contributed by atoms with van der Waals surface area (Å²) in [6.45, 7) is 0. The van der Waals surface area contributed by atoms with E-state index in [1.165, 1.54) is 34.8 Å². The first-order chi connectivity index (χ1) is 11.4. The Morgan fingerprint density at radius 1 is 1.21 bits per heavy atom. The van der Waals surface area contributed by atoms with Crippen LogP contribution in [0.5, 0.6) is 5.75 Å². The van der Waals surface area contributed by atoms with E-state index in [4.69, 9.17) is 0 Å². The van der Waals surface area contributed by atoms with Gasteiger partial charge in [-0.15, -0.1) is 24.5 Å². The van der Waals surface area contributed by atoms with Crippen molar-refractivity contribution in [3.05, 3.63) is 52.2 Å². The molecule has 0 saturated heterocycles. The third kappa shape index (κ3) is 4.12. The van der Waals surface area contributed by atoms with Gasteiger partial charge in [-0.3, -0.25) is 4.79 Å². The van der Waals surface area contributed by atoms with Crippen LogP contribution >= 0.6 is 22.7 Å². The number of hydrogen-bond acceptors (Lipinski definition) is 5. The van der Waals surface area contributed by atoms with Crippen molar-refractivity contribution in [2.24, 2.45) is 0 Å². The number of ether oxygens (including phenoxy) is 1. The molecule has 0 atom stereocenters. The number of nitrogens with one attached hydrogen (secondary N) is 1. The maximum absolute atomic E-state index is 12.2. The molecule has 0 bridgehead atoms. The quantitative estimate of drug-likeness (QED) is 0.701. The van der Waals surface area contributed by atoms with Crippen molar-refractivity contribution >= 4 is 34.3 Å². The van der Waals surface area contributed by atoms with Crippen LogP contribution in [0.2, 0.25) is 0 Å². The minimum atomic E-state index is -4.78. The summed E-state index contributed by atoms with van der Waals surface area (Å²) in [7, 11) is 0. The molecule has 24 heavy (non-hydrogen) atoms. The van der Waals surface area contributed by atoms with E-state index >= 15 is 0 Å². The zero-order valence-electron chi connectivity index (χ0n) is 11.8. The number of benzene rings is 1. The maximum atomic E-state index is 12.2. The Labute approximate surface area is 142 Å². The molecule has 124 valence electrons. The van der Waals surface area contributed by atoms with Gasteiger partial charge < -0.3 is 10.1 Å². The largest absolute Gasteiger partial charge is 0.573 e. The molecule has 4 nitrogen and oxygen atoms in total. The number of nitrogens with zero attached hydrogens (tertiary/aromatic N) is 1. The molecule has 1 aromatic carbocycles. The van der Waals surface area contributed by atoms with Crippen LogP contribution in [0.25, 0.3) is 10.6 Å². The van der Waals surface area contributed by atoms with Crippen LogP contribution in [0, 0.1) is 0 Å². The highest BCUT2D eigenvalue weighted by atomic mass is 32.1. The van der Waals surface area contributed by atoms with Gasteiger partial charge in [0.1, 0.15) is 16.5 Å². The highest BCUT2D eigenvalue weighted by Crippen LogP contribution is 2.27. The molecule has 3 rings (SSSR count). The molecule has 2 aromatic heterocycles. The second kappa shape index (κ2) is 6.62. The lowest BCUT2D eigenvalue weighted by molar-refractivity contribution is -0.274. The predicted molar refractivity (Wildman–Crippen MR) is 86.5 cm³/mol. The monoisotopic (exact) mass is 370 g/mol. The van der Waals surface area contributed by atoms with Gasteiger partial charge in [0, 0.05) is 28.1 Å². The molecule has 3 aromatic rings. The first-order valence-corrected chi connectivity index (χ1v) is 8.38. The topological polar surface area (TPSA) is 51.2 Å². The zero-order valence-corrected chi connectivity index (χ0v) is 13.5. The number of aromatic nitrogens is 1. The fourth-order valence-electron chi connectivity index (χ4n) is 1.86. The van der Waals surface area contributed by atoms with Crippen molar-refractivity contribution in [2.75, 3.05) is 5.32 Å². The predicted octanol–water partition coefficient (Wildman–Crippen LogP) is 5.02. The molecular formula is C15H9F3N2O2S2. The highest BCUT2D eigenvalue weighted by Gasteiger charge is 2.31. The van der Waals surface area contributed by atoms with Crippen LogP contribution in [-0.2, 0) is 0 Å². The first-order valence-electron chi connectivity index (χ1n) is 6.56. The van der Waals surface area contributed by atoms with Crippen molar-refractivity contribution in [2.45, 2.75) is 6.36 Å². The summed E-state index contributed by atoms with van der Waals surface area (Å²) in [5, 5.41) is 8.62. The highest BCUT2D eigenvalue weighted by molar-refractivity contribution is 7.14. The average molecular weight is 370 g/mol.